The molecule has 0 unspecified atom stereocenters. The van der Waals surface area contributed by atoms with Gasteiger partial charge in [0.15, 0.2) is 0 Å². The highest BCUT2D eigenvalue weighted by Crippen LogP contribution is 2.28. The van der Waals surface area contributed by atoms with E-state index in [0.29, 0.717) is 30.2 Å². The maximum Gasteiger partial charge on any atom is 0.337 e. The average molecular weight is 430 g/mol. The second-order valence-corrected chi connectivity index (χ2v) is 7.03. The van der Waals surface area contributed by atoms with E-state index >= 15 is 0 Å². The molecule has 8 heteroatoms. The summed E-state index contributed by atoms with van der Waals surface area (Å²) < 4.78 is 7.49. The van der Waals surface area contributed by atoms with Crippen LogP contribution in [0, 0.1) is 0 Å². The fourth-order valence-corrected chi connectivity index (χ4v) is 3.67. The Balaban J connectivity index is 1.71. The largest absolute Gasteiger partial charge is 0.478 e. The molecule has 0 aliphatic rings. The summed E-state index contributed by atoms with van der Waals surface area (Å²) in [6.07, 6.45) is 1.54. The van der Waals surface area contributed by atoms with Gasteiger partial charge in [0.05, 0.1) is 36.0 Å². The normalized spacial score (nSPS) is 11.2. The summed E-state index contributed by atoms with van der Waals surface area (Å²) in [5, 5.41) is 22.1. The molecule has 0 amide bonds. The van der Waals surface area contributed by atoms with E-state index in [0.717, 1.165) is 22.3 Å². The summed E-state index contributed by atoms with van der Waals surface area (Å²) in [6, 6.07) is 21.1. The molecular formula is C24H22N4O4. The molecule has 1 heterocycles. The summed E-state index contributed by atoms with van der Waals surface area (Å²) in [5.74, 6) is -1.01. The van der Waals surface area contributed by atoms with Crippen LogP contribution in [0.5, 0.6) is 6.01 Å². The third-order valence-electron chi connectivity index (χ3n) is 5.06. The van der Waals surface area contributed by atoms with Gasteiger partial charge in [0.1, 0.15) is 0 Å². The molecule has 0 fully saturated rings. The van der Waals surface area contributed by atoms with Crippen molar-refractivity contribution < 1.29 is 19.8 Å². The number of nitrogens with zero attached hydrogens (tertiary/aromatic N) is 3. The van der Waals surface area contributed by atoms with Crippen LogP contribution in [0.3, 0.4) is 0 Å². The number of carboxylic acids is 1. The van der Waals surface area contributed by atoms with Crippen LogP contribution in [0.1, 0.15) is 28.4 Å². The highest BCUT2D eigenvalue weighted by atomic mass is 16.5. The van der Waals surface area contributed by atoms with Crippen LogP contribution in [0.25, 0.3) is 22.2 Å². The van der Waals surface area contributed by atoms with E-state index in [-0.39, 0.29) is 5.56 Å². The third-order valence-corrected chi connectivity index (χ3v) is 5.06. The van der Waals surface area contributed by atoms with Crippen molar-refractivity contribution in [1.82, 2.24) is 15.1 Å². The number of benzene rings is 3. The van der Waals surface area contributed by atoms with E-state index < -0.39 is 5.97 Å². The monoisotopic (exact) mass is 430 g/mol. The number of carbonyl (C=O) groups is 1. The van der Waals surface area contributed by atoms with Crippen molar-refractivity contribution in [1.29, 1.82) is 0 Å². The molecule has 162 valence electrons. The topological polar surface area (TPSA) is 109 Å². The number of ether oxygens (including phenoxy) is 1. The molecule has 0 spiro atoms. The average Bonchev–Trinajstić information content (AvgIpc) is 3.15. The van der Waals surface area contributed by atoms with Crippen molar-refractivity contribution >= 4 is 23.2 Å². The lowest BCUT2D eigenvalue weighted by molar-refractivity contribution is 0.0698. The molecule has 0 saturated carbocycles. The molecule has 0 atom stereocenters. The minimum absolute atomic E-state index is 0.184. The lowest BCUT2D eigenvalue weighted by Gasteiger charge is -2.12. The van der Waals surface area contributed by atoms with Gasteiger partial charge in [-0.2, -0.15) is 15.7 Å². The Kier molecular flexibility index (Phi) is 6.14. The van der Waals surface area contributed by atoms with Gasteiger partial charge in [-0.3, -0.25) is 9.77 Å². The molecule has 0 bridgehead atoms. The summed E-state index contributed by atoms with van der Waals surface area (Å²) in [7, 11) is 0. The predicted octanol–water partition coefficient (Wildman–Crippen LogP) is 4.16. The Hall–Kier alpha value is -4.17. The second-order valence-electron chi connectivity index (χ2n) is 7.03. The van der Waals surface area contributed by atoms with Crippen LogP contribution in [-0.4, -0.2) is 38.7 Å². The van der Waals surface area contributed by atoms with Crippen LogP contribution in [0.4, 0.5) is 0 Å². The summed E-state index contributed by atoms with van der Waals surface area (Å²) in [4.78, 5) is 16.3. The standard InChI is InChI=1S/C24H22N4O4/c1-2-32-24-26-21-9-5-8-20(23(29)30)22(21)28(24)15-16-10-12-17(13-11-16)19-7-4-3-6-18(19)14-25-27-31/h3-14,27,31H,2,15H2,1H3,(H,29,30). The Labute approximate surface area is 184 Å². The van der Waals surface area contributed by atoms with Crippen molar-refractivity contribution in [3.8, 4) is 17.1 Å². The lowest BCUT2D eigenvalue weighted by atomic mass is 9.99. The van der Waals surface area contributed by atoms with Gasteiger partial charge >= 0.3 is 5.97 Å². The van der Waals surface area contributed by atoms with Crippen LogP contribution < -0.4 is 10.3 Å². The van der Waals surface area contributed by atoms with E-state index in [1.54, 1.807) is 34.6 Å². The fourth-order valence-electron chi connectivity index (χ4n) is 3.67. The predicted molar refractivity (Wildman–Crippen MR) is 121 cm³/mol. The smallest absolute Gasteiger partial charge is 0.337 e. The first-order valence-electron chi connectivity index (χ1n) is 10.1. The summed E-state index contributed by atoms with van der Waals surface area (Å²) in [5.41, 5.74) is 6.85. The zero-order valence-electron chi connectivity index (χ0n) is 17.4. The molecule has 3 N–H and O–H groups in total. The number of para-hydroxylation sites is 1. The number of rotatable bonds is 8. The molecule has 8 nitrogen and oxygen atoms in total. The highest BCUT2D eigenvalue weighted by Gasteiger charge is 2.18. The minimum atomic E-state index is -1.01. The van der Waals surface area contributed by atoms with Crippen molar-refractivity contribution in [2.24, 2.45) is 5.10 Å². The van der Waals surface area contributed by atoms with Crippen LogP contribution in [0.15, 0.2) is 71.8 Å². The number of aromatic nitrogens is 2. The molecule has 3 aromatic carbocycles. The maximum absolute atomic E-state index is 11.8. The molecule has 4 rings (SSSR count). The molecule has 32 heavy (non-hydrogen) atoms. The number of nitrogens with one attached hydrogen (secondary N) is 1. The van der Waals surface area contributed by atoms with Crippen LogP contribution >= 0.6 is 0 Å². The zero-order valence-corrected chi connectivity index (χ0v) is 17.4. The van der Waals surface area contributed by atoms with E-state index in [1.807, 2.05) is 55.5 Å². The molecule has 0 aliphatic heterocycles. The quantitative estimate of drug-likeness (QED) is 0.286. The van der Waals surface area contributed by atoms with Gasteiger partial charge in [-0.1, -0.05) is 54.6 Å². The first-order valence-corrected chi connectivity index (χ1v) is 10.1. The van der Waals surface area contributed by atoms with Crippen LogP contribution in [-0.2, 0) is 6.54 Å². The second kappa shape index (κ2) is 9.32. The number of aromatic carboxylic acids is 1. The number of carboxylic acid groups (broad SMARTS) is 1. The van der Waals surface area contributed by atoms with Gasteiger partial charge in [0.25, 0.3) is 6.01 Å². The van der Waals surface area contributed by atoms with Crippen molar-refractivity contribution in [3.05, 3.63) is 83.4 Å². The van der Waals surface area contributed by atoms with Crippen LogP contribution in [0.2, 0.25) is 0 Å². The first kappa shape index (κ1) is 21.1. The zero-order chi connectivity index (χ0) is 22.5. The van der Waals surface area contributed by atoms with Gasteiger partial charge in [0.2, 0.25) is 0 Å². The molecular weight excluding hydrogens is 408 g/mol. The highest BCUT2D eigenvalue weighted by molar-refractivity contribution is 6.01. The maximum atomic E-state index is 11.8. The lowest BCUT2D eigenvalue weighted by Crippen LogP contribution is -2.08. The van der Waals surface area contributed by atoms with Crippen molar-refractivity contribution in [2.75, 3.05) is 6.61 Å². The number of hydrazone groups is 1. The van der Waals surface area contributed by atoms with Gasteiger partial charge in [-0.25, -0.2) is 4.79 Å². The summed E-state index contributed by atoms with van der Waals surface area (Å²) >= 11 is 0. The SMILES string of the molecule is CCOc1nc2cccc(C(=O)O)c2n1Cc1ccc(-c2ccccc2C=NNO)cc1. The van der Waals surface area contributed by atoms with Gasteiger partial charge in [-0.15, -0.1) is 0 Å². The number of hydrogen-bond acceptors (Lipinski definition) is 6. The van der Waals surface area contributed by atoms with E-state index in [4.69, 9.17) is 9.94 Å². The fraction of sp³-hybridized carbons (Fsp3) is 0.125. The third kappa shape index (κ3) is 4.17. The first-order chi connectivity index (χ1) is 15.6. The Bertz CT molecular complexity index is 1280. The van der Waals surface area contributed by atoms with E-state index in [1.165, 1.54) is 0 Å². The number of imidazole rings is 1. The number of hydrogen-bond donors (Lipinski definition) is 3. The number of fused-ring (bicyclic) bond motifs is 1. The van der Waals surface area contributed by atoms with Gasteiger partial charge in [0, 0.05) is 5.56 Å². The Morgan fingerprint density at radius 2 is 1.91 bits per heavy atom. The van der Waals surface area contributed by atoms with Crippen molar-refractivity contribution in [2.45, 2.75) is 13.5 Å². The van der Waals surface area contributed by atoms with Gasteiger partial charge < -0.3 is 9.84 Å². The molecule has 0 radical (unpaired) electrons. The van der Waals surface area contributed by atoms with E-state index in [9.17, 15) is 9.90 Å². The molecule has 1 aromatic heterocycles. The van der Waals surface area contributed by atoms with Crippen molar-refractivity contribution in [3.63, 3.8) is 0 Å². The van der Waals surface area contributed by atoms with Gasteiger partial charge in [-0.05, 0) is 35.7 Å². The molecule has 0 aliphatic carbocycles. The Morgan fingerprint density at radius 1 is 1.12 bits per heavy atom. The Morgan fingerprint density at radius 3 is 2.62 bits per heavy atom. The molecule has 0 saturated heterocycles. The van der Waals surface area contributed by atoms with E-state index in [2.05, 4.69) is 10.1 Å². The summed E-state index contributed by atoms with van der Waals surface area (Å²) in [6.45, 7) is 2.70. The minimum Gasteiger partial charge on any atom is -0.478 e. The molecule has 4 aromatic rings.